The number of hydrogen-bond donors (Lipinski definition) is 2. The number of rotatable bonds is 8. The summed E-state index contributed by atoms with van der Waals surface area (Å²) in [5.41, 5.74) is 3.23. The molecule has 0 spiro atoms. The number of anilines is 1. The second-order valence-electron chi connectivity index (χ2n) is 6.51. The zero-order valence-electron chi connectivity index (χ0n) is 17.0. The summed E-state index contributed by atoms with van der Waals surface area (Å²) in [5.74, 6) is 1.76. The number of aromatic nitrogens is 3. The molecule has 2 heterocycles. The first kappa shape index (κ1) is 23.2. The first-order valence-electron chi connectivity index (χ1n) is 9.16. The van der Waals surface area contributed by atoms with E-state index in [4.69, 9.17) is 0 Å². The van der Waals surface area contributed by atoms with Crippen LogP contribution in [0.25, 0.3) is 0 Å². The Bertz CT molecular complexity index is 725. The molecule has 0 radical (unpaired) electrons. The fourth-order valence-electron chi connectivity index (χ4n) is 2.64. The van der Waals surface area contributed by atoms with Crippen molar-refractivity contribution in [2.45, 2.75) is 40.3 Å². The highest BCUT2D eigenvalue weighted by atomic mass is 127. The summed E-state index contributed by atoms with van der Waals surface area (Å²) in [6, 6.07) is 8.12. The van der Waals surface area contributed by atoms with Crippen LogP contribution in [0.1, 0.15) is 30.4 Å². The van der Waals surface area contributed by atoms with E-state index in [1.54, 1.807) is 0 Å². The number of aliphatic imine (C=N–C) groups is 1. The molecule has 0 atom stereocenters. The molecule has 0 aliphatic heterocycles. The average Bonchev–Trinajstić information content (AvgIpc) is 2.94. The molecule has 0 saturated heterocycles. The van der Waals surface area contributed by atoms with Crippen molar-refractivity contribution in [3.63, 3.8) is 0 Å². The second-order valence-corrected chi connectivity index (χ2v) is 6.51. The molecule has 7 nitrogen and oxygen atoms in total. The summed E-state index contributed by atoms with van der Waals surface area (Å²) in [5, 5.41) is 11.2. The number of nitrogens with one attached hydrogen (secondary N) is 2. The van der Waals surface area contributed by atoms with E-state index in [9.17, 15) is 0 Å². The minimum atomic E-state index is 0. The predicted octanol–water partition coefficient (Wildman–Crippen LogP) is 2.72. The Morgan fingerprint density at radius 2 is 2.00 bits per heavy atom. The molecular weight excluding hydrogens is 453 g/mol. The van der Waals surface area contributed by atoms with Crippen molar-refractivity contribution in [2.75, 3.05) is 32.1 Å². The van der Waals surface area contributed by atoms with Crippen LogP contribution in [0.15, 0.2) is 29.3 Å². The third-order valence-electron chi connectivity index (χ3n) is 3.94. The lowest BCUT2D eigenvalue weighted by Crippen LogP contribution is -2.38. The van der Waals surface area contributed by atoms with Crippen LogP contribution >= 0.6 is 24.0 Å². The largest absolute Gasteiger partial charge is 0.363 e. The number of guanidine groups is 1. The van der Waals surface area contributed by atoms with Crippen LogP contribution in [0.4, 0.5) is 5.82 Å². The van der Waals surface area contributed by atoms with E-state index in [0.717, 1.165) is 49.2 Å². The molecule has 27 heavy (non-hydrogen) atoms. The molecule has 0 aliphatic carbocycles. The zero-order chi connectivity index (χ0) is 18.9. The van der Waals surface area contributed by atoms with Gasteiger partial charge in [-0.1, -0.05) is 6.07 Å². The molecular formula is C19H32IN7. The maximum absolute atomic E-state index is 4.64. The molecule has 0 unspecified atom stereocenters. The van der Waals surface area contributed by atoms with Crippen molar-refractivity contribution in [3.05, 3.63) is 41.3 Å². The molecule has 0 bridgehead atoms. The van der Waals surface area contributed by atoms with Crippen molar-refractivity contribution in [1.82, 2.24) is 25.4 Å². The van der Waals surface area contributed by atoms with Gasteiger partial charge in [-0.2, -0.15) is 5.10 Å². The highest BCUT2D eigenvalue weighted by Gasteiger charge is 2.03. The van der Waals surface area contributed by atoms with E-state index in [0.29, 0.717) is 6.54 Å². The maximum Gasteiger partial charge on any atom is 0.191 e. The van der Waals surface area contributed by atoms with Crippen molar-refractivity contribution in [1.29, 1.82) is 0 Å². The van der Waals surface area contributed by atoms with Gasteiger partial charge >= 0.3 is 0 Å². The molecule has 2 rings (SSSR count). The first-order valence-corrected chi connectivity index (χ1v) is 9.16. The SMILES string of the molecule is CCNC(=NCc1cccc(N(C)C)n1)NCCCn1nc(C)cc1C.I. The monoisotopic (exact) mass is 485 g/mol. The Kier molecular flexibility index (Phi) is 10.1. The van der Waals surface area contributed by atoms with Gasteiger partial charge in [-0.05, 0) is 45.4 Å². The van der Waals surface area contributed by atoms with Gasteiger partial charge in [-0.15, -0.1) is 24.0 Å². The fourth-order valence-corrected chi connectivity index (χ4v) is 2.64. The van der Waals surface area contributed by atoms with Crippen molar-refractivity contribution >= 4 is 35.8 Å². The number of pyridine rings is 1. The van der Waals surface area contributed by atoms with Gasteiger partial charge in [0.2, 0.25) is 0 Å². The van der Waals surface area contributed by atoms with Crippen LogP contribution in [-0.4, -0.2) is 47.9 Å². The summed E-state index contributed by atoms with van der Waals surface area (Å²) in [6.07, 6.45) is 0.987. The average molecular weight is 485 g/mol. The van der Waals surface area contributed by atoms with Crippen LogP contribution in [-0.2, 0) is 13.1 Å². The molecule has 2 aromatic rings. The van der Waals surface area contributed by atoms with Gasteiger partial charge in [-0.25, -0.2) is 9.98 Å². The van der Waals surface area contributed by atoms with Crippen LogP contribution < -0.4 is 15.5 Å². The van der Waals surface area contributed by atoms with E-state index in [-0.39, 0.29) is 24.0 Å². The summed E-state index contributed by atoms with van der Waals surface area (Å²) in [7, 11) is 3.98. The Morgan fingerprint density at radius 3 is 2.63 bits per heavy atom. The number of hydrogen-bond acceptors (Lipinski definition) is 4. The van der Waals surface area contributed by atoms with Crippen LogP contribution in [0, 0.1) is 13.8 Å². The summed E-state index contributed by atoms with van der Waals surface area (Å²) >= 11 is 0. The summed E-state index contributed by atoms with van der Waals surface area (Å²) in [4.78, 5) is 11.2. The molecule has 2 N–H and O–H groups in total. The first-order chi connectivity index (χ1) is 12.5. The van der Waals surface area contributed by atoms with Gasteiger partial charge in [0.05, 0.1) is 17.9 Å². The van der Waals surface area contributed by atoms with E-state index in [1.165, 1.54) is 5.69 Å². The Labute approximate surface area is 179 Å². The van der Waals surface area contributed by atoms with Crippen LogP contribution in [0.5, 0.6) is 0 Å². The Morgan fingerprint density at radius 1 is 1.22 bits per heavy atom. The van der Waals surface area contributed by atoms with Crippen molar-refractivity contribution in [2.24, 2.45) is 4.99 Å². The van der Waals surface area contributed by atoms with Gasteiger partial charge in [-0.3, -0.25) is 4.68 Å². The highest BCUT2D eigenvalue weighted by molar-refractivity contribution is 14.0. The third kappa shape index (κ3) is 7.74. The van der Waals surface area contributed by atoms with Gasteiger partial charge in [0.25, 0.3) is 0 Å². The highest BCUT2D eigenvalue weighted by Crippen LogP contribution is 2.08. The molecule has 0 aliphatic rings. The van der Waals surface area contributed by atoms with Crippen LogP contribution in [0.2, 0.25) is 0 Å². The van der Waals surface area contributed by atoms with Crippen LogP contribution in [0.3, 0.4) is 0 Å². The summed E-state index contributed by atoms with van der Waals surface area (Å²) in [6.45, 7) is 9.31. The molecule has 0 saturated carbocycles. The summed E-state index contributed by atoms with van der Waals surface area (Å²) < 4.78 is 2.05. The Hall–Kier alpha value is -1.84. The normalized spacial score (nSPS) is 11.1. The van der Waals surface area contributed by atoms with E-state index in [1.807, 2.05) is 44.1 Å². The maximum atomic E-state index is 4.64. The Balaban J connectivity index is 0.00000364. The third-order valence-corrected chi connectivity index (χ3v) is 3.94. The zero-order valence-corrected chi connectivity index (χ0v) is 19.3. The van der Waals surface area contributed by atoms with Gasteiger partial charge in [0.15, 0.2) is 5.96 Å². The van der Waals surface area contributed by atoms with Gasteiger partial charge in [0.1, 0.15) is 5.82 Å². The molecule has 0 aromatic carbocycles. The standard InChI is InChI=1S/C19H31N7.HI/c1-6-20-19(21-11-8-12-26-16(3)13-15(2)24-26)22-14-17-9-7-10-18(23-17)25(4)5;/h7,9-10,13H,6,8,11-12,14H2,1-5H3,(H2,20,21,22);1H. The molecule has 8 heteroatoms. The molecule has 0 fully saturated rings. The van der Waals surface area contributed by atoms with Gasteiger partial charge < -0.3 is 15.5 Å². The van der Waals surface area contributed by atoms with E-state index in [2.05, 4.69) is 50.3 Å². The second kappa shape index (κ2) is 11.8. The number of aryl methyl sites for hydroxylation is 3. The quantitative estimate of drug-likeness (QED) is 0.261. The molecule has 0 amide bonds. The van der Waals surface area contributed by atoms with Gasteiger partial charge in [0, 0.05) is 39.4 Å². The lowest BCUT2D eigenvalue weighted by atomic mass is 10.3. The van der Waals surface area contributed by atoms with E-state index >= 15 is 0 Å². The topological polar surface area (TPSA) is 70.4 Å². The minimum absolute atomic E-state index is 0. The minimum Gasteiger partial charge on any atom is -0.363 e. The van der Waals surface area contributed by atoms with Crippen molar-refractivity contribution in [3.8, 4) is 0 Å². The van der Waals surface area contributed by atoms with E-state index < -0.39 is 0 Å². The molecule has 2 aromatic heterocycles. The number of nitrogens with zero attached hydrogens (tertiary/aromatic N) is 5. The number of halogens is 1. The lowest BCUT2D eigenvalue weighted by molar-refractivity contribution is 0.555. The predicted molar refractivity (Wildman–Crippen MR) is 123 cm³/mol. The lowest BCUT2D eigenvalue weighted by Gasteiger charge is -2.13. The molecule has 150 valence electrons. The smallest absolute Gasteiger partial charge is 0.191 e. The fraction of sp³-hybridized carbons (Fsp3) is 0.526. The van der Waals surface area contributed by atoms with Crippen molar-refractivity contribution < 1.29 is 0 Å².